The minimum absolute atomic E-state index is 0.246. The lowest BCUT2D eigenvalue weighted by Gasteiger charge is -2.35. The molecule has 26 heavy (non-hydrogen) atoms. The lowest BCUT2D eigenvalue weighted by atomic mass is 10.1. The van der Waals surface area contributed by atoms with E-state index >= 15 is 0 Å². The van der Waals surface area contributed by atoms with Gasteiger partial charge in [0.05, 0.1) is 23.3 Å². The van der Waals surface area contributed by atoms with Crippen molar-refractivity contribution in [3.05, 3.63) is 53.1 Å². The third-order valence-corrected chi connectivity index (χ3v) is 6.50. The smallest absolute Gasteiger partial charge is 0.243 e. The molecule has 3 rings (SSSR count). The predicted octanol–water partition coefficient (Wildman–Crippen LogP) is 2.73. The molecule has 0 saturated carbocycles. The van der Waals surface area contributed by atoms with Crippen LogP contribution in [0.3, 0.4) is 0 Å². The van der Waals surface area contributed by atoms with Gasteiger partial charge in [-0.1, -0.05) is 11.6 Å². The lowest BCUT2D eigenvalue weighted by molar-refractivity contribution is 0.384. The van der Waals surface area contributed by atoms with Crippen molar-refractivity contribution in [2.45, 2.75) is 4.90 Å². The van der Waals surface area contributed by atoms with Gasteiger partial charge in [0.1, 0.15) is 11.8 Å². The normalized spacial score (nSPS) is 15.5. The van der Waals surface area contributed by atoms with Gasteiger partial charge in [-0.05, 0) is 42.5 Å². The lowest BCUT2D eigenvalue weighted by Crippen LogP contribution is -2.48. The van der Waals surface area contributed by atoms with Crippen molar-refractivity contribution in [3.8, 4) is 11.8 Å². The molecule has 0 aromatic heterocycles. The van der Waals surface area contributed by atoms with Gasteiger partial charge in [0, 0.05) is 31.2 Å². The number of piperazine rings is 1. The highest BCUT2D eigenvalue weighted by Crippen LogP contribution is 2.26. The molecule has 0 N–H and O–H groups in total. The Balaban J connectivity index is 1.74. The molecule has 2 aromatic rings. The van der Waals surface area contributed by atoms with E-state index in [0.717, 1.165) is 5.69 Å². The van der Waals surface area contributed by atoms with Crippen LogP contribution in [0.2, 0.25) is 5.02 Å². The van der Waals surface area contributed by atoms with Gasteiger partial charge < -0.3 is 9.64 Å². The number of ether oxygens (including phenoxy) is 1. The fourth-order valence-electron chi connectivity index (χ4n) is 2.94. The van der Waals surface area contributed by atoms with Gasteiger partial charge in [-0.25, -0.2) is 8.42 Å². The number of rotatable bonds is 4. The Kier molecular flexibility index (Phi) is 5.37. The van der Waals surface area contributed by atoms with Crippen LogP contribution < -0.4 is 9.64 Å². The van der Waals surface area contributed by atoms with Crippen LogP contribution in [0, 0.1) is 11.3 Å². The first-order valence-electron chi connectivity index (χ1n) is 8.04. The zero-order valence-electron chi connectivity index (χ0n) is 14.2. The topological polar surface area (TPSA) is 73.6 Å². The molecule has 0 aliphatic carbocycles. The molecule has 0 amide bonds. The van der Waals surface area contributed by atoms with Gasteiger partial charge in [0.15, 0.2) is 0 Å². The van der Waals surface area contributed by atoms with Crippen LogP contribution in [0.1, 0.15) is 5.56 Å². The fourth-order valence-corrected chi connectivity index (χ4v) is 4.53. The zero-order chi connectivity index (χ0) is 18.7. The zero-order valence-corrected chi connectivity index (χ0v) is 15.8. The third kappa shape index (κ3) is 3.63. The SMILES string of the molecule is COc1ccc(S(=O)(=O)N2CCN(c3ccc(Cl)cc3C#N)CC2)cc1. The van der Waals surface area contributed by atoms with Gasteiger partial charge in [0.2, 0.25) is 10.0 Å². The Morgan fingerprint density at radius 3 is 2.31 bits per heavy atom. The molecule has 136 valence electrons. The van der Waals surface area contributed by atoms with Crippen LogP contribution in [-0.4, -0.2) is 46.0 Å². The first kappa shape index (κ1) is 18.5. The summed E-state index contributed by atoms with van der Waals surface area (Å²) in [7, 11) is -2.01. The maximum Gasteiger partial charge on any atom is 0.243 e. The summed E-state index contributed by atoms with van der Waals surface area (Å²) in [6, 6.07) is 13.7. The highest BCUT2D eigenvalue weighted by molar-refractivity contribution is 7.89. The van der Waals surface area contributed by atoms with Crippen molar-refractivity contribution in [2.75, 3.05) is 38.2 Å². The van der Waals surface area contributed by atoms with E-state index in [1.807, 2.05) is 4.90 Å². The van der Waals surface area contributed by atoms with E-state index in [4.69, 9.17) is 16.3 Å². The summed E-state index contributed by atoms with van der Waals surface area (Å²) in [6.07, 6.45) is 0. The Bertz CT molecular complexity index is 931. The van der Waals surface area contributed by atoms with Gasteiger partial charge >= 0.3 is 0 Å². The quantitative estimate of drug-likeness (QED) is 0.801. The maximum absolute atomic E-state index is 12.8. The van der Waals surface area contributed by atoms with Crippen molar-refractivity contribution >= 4 is 27.3 Å². The van der Waals surface area contributed by atoms with Crippen LogP contribution in [0.15, 0.2) is 47.4 Å². The van der Waals surface area contributed by atoms with Crippen molar-refractivity contribution in [1.82, 2.24) is 4.31 Å². The van der Waals surface area contributed by atoms with Crippen LogP contribution in [0.25, 0.3) is 0 Å². The minimum Gasteiger partial charge on any atom is -0.497 e. The number of hydrogen-bond donors (Lipinski definition) is 0. The highest BCUT2D eigenvalue weighted by Gasteiger charge is 2.29. The number of nitriles is 1. The van der Waals surface area contributed by atoms with Crippen LogP contribution in [0.4, 0.5) is 5.69 Å². The molecule has 0 spiro atoms. The molecule has 8 heteroatoms. The molecule has 6 nitrogen and oxygen atoms in total. The Hall–Kier alpha value is -2.27. The number of methoxy groups -OCH3 is 1. The number of benzene rings is 2. The third-order valence-electron chi connectivity index (χ3n) is 4.36. The maximum atomic E-state index is 12.8. The second-order valence-electron chi connectivity index (χ2n) is 5.84. The summed E-state index contributed by atoms with van der Waals surface area (Å²) < 4.78 is 32.1. The summed E-state index contributed by atoms with van der Waals surface area (Å²) in [4.78, 5) is 2.26. The number of anilines is 1. The van der Waals surface area contributed by atoms with Gasteiger partial charge in [-0.15, -0.1) is 0 Å². The van der Waals surface area contributed by atoms with Gasteiger partial charge in [-0.3, -0.25) is 0 Å². The predicted molar refractivity (Wildman–Crippen MR) is 100 cm³/mol. The second kappa shape index (κ2) is 7.54. The minimum atomic E-state index is -3.55. The van der Waals surface area contributed by atoms with E-state index < -0.39 is 10.0 Å². The monoisotopic (exact) mass is 391 g/mol. The van der Waals surface area contributed by atoms with E-state index in [2.05, 4.69) is 6.07 Å². The molecule has 1 fully saturated rings. The standard InChI is InChI=1S/C18H18ClN3O3S/c1-25-16-3-5-17(6-4-16)26(23,24)22-10-8-21(9-11-22)18-7-2-15(19)12-14(18)13-20/h2-7,12H,8-11H2,1H3. The van der Waals surface area contributed by atoms with Crippen LogP contribution in [0.5, 0.6) is 5.75 Å². The molecule has 1 aliphatic rings. The van der Waals surface area contributed by atoms with Crippen molar-refractivity contribution in [1.29, 1.82) is 5.26 Å². The van der Waals surface area contributed by atoms with Gasteiger partial charge in [-0.2, -0.15) is 9.57 Å². The number of hydrogen-bond acceptors (Lipinski definition) is 5. The van der Waals surface area contributed by atoms with Crippen molar-refractivity contribution < 1.29 is 13.2 Å². The fraction of sp³-hybridized carbons (Fsp3) is 0.278. The summed E-state index contributed by atoms with van der Waals surface area (Å²) in [6.45, 7) is 1.71. The summed E-state index contributed by atoms with van der Waals surface area (Å²) in [5.41, 5.74) is 1.27. The van der Waals surface area contributed by atoms with Crippen LogP contribution >= 0.6 is 11.6 Å². The summed E-state index contributed by atoms with van der Waals surface area (Å²) in [5.74, 6) is 0.612. The molecule has 0 bridgehead atoms. The molecule has 2 aromatic carbocycles. The molecular weight excluding hydrogens is 374 g/mol. The Morgan fingerprint density at radius 1 is 1.08 bits per heavy atom. The molecule has 0 radical (unpaired) electrons. The van der Waals surface area contributed by atoms with Crippen molar-refractivity contribution in [3.63, 3.8) is 0 Å². The largest absolute Gasteiger partial charge is 0.497 e. The average Bonchev–Trinajstić information content (AvgIpc) is 2.68. The molecule has 0 unspecified atom stereocenters. The summed E-state index contributed by atoms with van der Waals surface area (Å²) in [5, 5.41) is 9.80. The highest BCUT2D eigenvalue weighted by atomic mass is 35.5. The molecule has 1 aliphatic heterocycles. The molecule has 1 heterocycles. The first-order valence-corrected chi connectivity index (χ1v) is 9.86. The average molecular weight is 392 g/mol. The van der Waals surface area contributed by atoms with Crippen LogP contribution in [-0.2, 0) is 10.0 Å². The van der Waals surface area contributed by atoms with E-state index in [-0.39, 0.29) is 4.90 Å². The Morgan fingerprint density at radius 2 is 1.73 bits per heavy atom. The first-order chi connectivity index (χ1) is 12.5. The number of sulfonamides is 1. The number of halogens is 1. The van der Waals surface area contributed by atoms with E-state index in [1.165, 1.54) is 11.4 Å². The molecule has 1 saturated heterocycles. The van der Waals surface area contributed by atoms with Crippen molar-refractivity contribution in [2.24, 2.45) is 0 Å². The van der Waals surface area contributed by atoms with E-state index in [1.54, 1.807) is 42.5 Å². The Labute approximate surface area is 158 Å². The van der Waals surface area contributed by atoms with E-state index in [0.29, 0.717) is 42.5 Å². The molecule has 0 atom stereocenters. The molecular formula is C18H18ClN3O3S. The summed E-state index contributed by atoms with van der Waals surface area (Å²) >= 11 is 5.94. The van der Waals surface area contributed by atoms with Gasteiger partial charge in [0.25, 0.3) is 0 Å². The second-order valence-corrected chi connectivity index (χ2v) is 8.21. The number of nitrogens with zero attached hydrogens (tertiary/aromatic N) is 3. The van der Waals surface area contributed by atoms with E-state index in [9.17, 15) is 13.7 Å².